The van der Waals surface area contributed by atoms with Crippen molar-refractivity contribution in [3.05, 3.63) is 69.2 Å². The van der Waals surface area contributed by atoms with Gasteiger partial charge in [0, 0.05) is 30.1 Å². The Hall–Kier alpha value is -3.57. The minimum Gasteiger partial charge on any atom is -0.497 e. The summed E-state index contributed by atoms with van der Waals surface area (Å²) >= 11 is 2.63. The molecular weight excluding hydrogens is 500 g/mol. The number of carbonyl (C=O) groups is 2. The average molecular weight is 525 g/mol. The van der Waals surface area contributed by atoms with E-state index in [0.717, 1.165) is 10.4 Å². The fraction of sp³-hybridized carbons (Fsp3) is 0.280. The maximum absolute atomic E-state index is 13.7. The lowest BCUT2D eigenvalue weighted by Crippen LogP contribution is -2.34. The summed E-state index contributed by atoms with van der Waals surface area (Å²) in [5, 5.41) is 3.88. The lowest BCUT2D eigenvalue weighted by Gasteiger charge is -2.25. The number of hydrogen-bond acceptors (Lipinski definition) is 8. The van der Waals surface area contributed by atoms with Crippen molar-refractivity contribution >= 4 is 50.8 Å². The van der Waals surface area contributed by atoms with Crippen LogP contribution < -0.4 is 15.6 Å². The fourth-order valence-corrected chi connectivity index (χ4v) is 6.24. The molecule has 1 aromatic carbocycles. The van der Waals surface area contributed by atoms with Gasteiger partial charge in [0.1, 0.15) is 16.3 Å². The number of benzene rings is 1. The minimum atomic E-state index is -0.227. The summed E-state index contributed by atoms with van der Waals surface area (Å²) < 4.78 is 12.3. The predicted molar refractivity (Wildman–Crippen MR) is 139 cm³/mol. The third-order valence-corrected chi connectivity index (χ3v) is 8.04. The van der Waals surface area contributed by atoms with E-state index in [1.165, 1.54) is 23.1 Å². The normalized spacial score (nSPS) is 13.0. The van der Waals surface area contributed by atoms with Gasteiger partial charge in [0.15, 0.2) is 5.16 Å². The van der Waals surface area contributed by atoms with Crippen LogP contribution in [0.4, 0.5) is 5.69 Å². The van der Waals surface area contributed by atoms with Gasteiger partial charge in [-0.3, -0.25) is 19.0 Å². The first-order valence-corrected chi connectivity index (χ1v) is 13.1. The lowest BCUT2D eigenvalue weighted by atomic mass is 10.1. The molecule has 1 aliphatic rings. The van der Waals surface area contributed by atoms with E-state index in [2.05, 4.69) is 5.32 Å². The van der Waals surface area contributed by atoms with Crippen LogP contribution >= 0.6 is 23.1 Å². The summed E-state index contributed by atoms with van der Waals surface area (Å²) in [6.07, 6.45) is 2.17. The van der Waals surface area contributed by atoms with Gasteiger partial charge in [0.2, 0.25) is 11.8 Å². The second-order valence-electron chi connectivity index (χ2n) is 8.31. The molecule has 0 aliphatic carbocycles. The van der Waals surface area contributed by atoms with E-state index in [-0.39, 0.29) is 29.7 Å². The molecule has 0 saturated carbocycles. The molecule has 9 nitrogen and oxygen atoms in total. The molecule has 0 atom stereocenters. The number of furan rings is 1. The summed E-state index contributed by atoms with van der Waals surface area (Å²) in [4.78, 5) is 46.5. The van der Waals surface area contributed by atoms with E-state index < -0.39 is 0 Å². The molecule has 36 heavy (non-hydrogen) atoms. The number of amides is 2. The first-order valence-electron chi connectivity index (χ1n) is 11.3. The van der Waals surface area contributed by atoms with Crippen LogP contribution in [0.1, 0.15) is 23.1 Å². The molecule has 2 amide bonds. The van der Waals surface area contributed by atoms with Crippen LogP contribution in [0.2, 0.25) is 0 Å². The Kier molecular flexibility index (Phi) is 6.84. The molecule has 0 saturated heterocycles. The molecule has 0 radical (unpaired) electrons. The topological polar surface area (TPSA) is 107 Å². The van der Waals surface area contributed by atoms with E-state index in [1.807, 2.05) is 0 Å². The number of ether oxygens (including phenoxy) is 1. The first kappa shape index (κ1) is 24.1. The summed E-state index contributed by atoms with van der Waals surface area (Å²) in [6, 6.07) is 10.7. The molecule has 186 valence electrons. The average Bonchev–Trinajstić information content (AvgIpc) is 3.51. The highest BCUT2D eigenvalue weighted by atomic mass is 32.2. The number of rotatable bonds is 7. The van der Waals surface area contributed by atoms with E-state index >= 15 is 0 Å². The highest BCUT2D eigenvalue weighted by Gasteiger charge is 2.26. The maximum Gasteiger partial charge on any atom is 0.263 e. The number of methoxy groups -OCH3 is 1. The standard InChI is InChI=1S/C25H24N4O5S2/c1-15(30)28-9-8-19-20(13-28)36-23-22(19)24(32)29(12-18-7-4-10-34-18)25(27-23)35-14-21(31)26-16-5-3-6-17(11-16)33-2/h3-7,10-11H,8-9,12-14H2,1-2H3,(H,26,31). The second-order valence-corrected chi connectivity index (χ2v) is 10.3. The first-order chi connectivity index (χ1) is 17.4. The monoisotopic (exact) mass is 524 g/mol. The van der Waals surface area contributed by atoms with Crippen LogP contribution in [-0.4, -0.2) is 45.7 Å². The molecule has 0 unspecified atom stereocenters. The van der Waals surface area contributed by atoms with Crippen LogP contribution in [-0.2, 0) is 29.1 Å². The van der Waals surface area contributed by atoms with Gasteiger partial charge in [-0.1, -0.05) is 17.8 Å². The van der Waals surface area contributed by atoms with Crippen molar-refractivity contribution in [3.8, 4) is 5.75 Å². The summed E-state index contributed by atoms with van der Waals surface area (Å²) in [5.41, 5.74) is 1.42. The minimum absolute atomic E-state index is 0.0135. The molecular formula is C25H24N4O5S2. The number of carbonyl (C=O) groups excluding carboxylic acids is 2. The molecule has 0 spiro atoms. The largest absolute Gasteiger partial charge is 0.497 e. The summed E-state index contributed by atoms with van der Waals surface area (Å²) in [5.74, 6) is 1.11. The molecule has 1 N–H and O–H groups in total. The molecule has 4 heterocycles. The van der Waals surface area contributed by atoms with Gasteiger partial charge in [-0.15, -0.1) is 11.3 Å². The molecule has 11 heteroatoms. The SMILES string of the molecule is COc1cccc(NC(=O)CSc2nc3sc4c(c3c(=O)n2Cc2ccco2)CCN(C(C)=O)C4)c1. The Balaban J connectivity index is 1.45. The van der Waals surface area contributed by atoms with E-state index in [1.54, 1.807) is 66.2 Å². The Morgan fingerprint density at radius 2 is 2.14 bits per heavy atom. The number of hydrogen-bond donors (Lipinski definition) is 1. The lowest BCUT2D eigenvalue weighted by molar-refractivity contribution is -0.129. The van der Waals surface area contributed by atoms with Gasteiger partial charge in [-0.05, 0) is 36.2 Å². The Bertz CT molecular complexity index is 1490. The zero-order chi connectivity index (χ0) is 25.2. The molecule has 0 bridgehead atoms. The number of anilines is 1. The number of nitrogens with zero attached hydrogens (tertiary/aromatic N) is 3. The van der Waals surface area contributed by atoms with Crippen molar-refractivity contribution in [1.82, 2.24) is 14.5 Å². The number of thiophene rings is 1. The Morgan fingerprint density at radius 3 is 2.89 bits per heavy atom. The van der Waals surface area contributed by atoms with E-state index in [4.69, 9.17) is 14.1 Å². The fourth-order valence-electron chi connectivity index (χ4n) is 4.16. The van der Waals surface area contributed by atoms with Gasteiger partial charge in [-0.25, -0.2) is 4.98 Å². The predicted octanol–water partition coefficient (Wildman–Crippen LogP) is 3.74. The van der Waals surface area contributed by atoms with Crippen LogP contribution in [0.25, 0.3) is 10.2 Å². The number of fused-ring (bicyclic) bond motifs is 3. The van der Waals surface area contributed by atoms with E-state index in [0.29, 0.717) is 52.1 Å². The van der Waals surface area contributed by atoms with Crippen LogP contribution in [0, 0.1) is 0 Å². The van der Waals surface area contributed by atoms with Gasteiger partial charge in [0.25, 0.3) is 5.56 Å². The van der Waals surface area contributed by atoms with Crippen molar-refractivity contribution in [2.45, 2.75) is 31.6 Å². The highest BCUT2D eigenvalue weighted by molar-refractivity contribution is 7.99. The van der Waals surface area contributed by atoms with Crippen molar-refractivity contribution in [3.63, 3.8) is 0 Å². The third-order valence-electron chi connectivity index (χ3n) is 5.95. The molecule has 3 aromatic heterocycles. The van der Waals surface area contributed by atoms with Crippen LogP contribution in [0.15, 0.2) is 57.0 Å². The van der Waals surface area contributed by atoms with Gasteiger partial charge in [-0.2, -0.15) is 0 Å². The van der Waals surface area contributed by atoms with Crippen LogP contribution in [0.5, 0.6) is 5.75 Å². The number of nitrogens with one attached hydrogen (secondary N) is 1. The Labute approximate surface area is 215 Å². The van der Waals surface area contributed by atoms with Gasteiger partial charge in [0.05, 0.1) is 37.6 Å². The molecule has 5 rings (SSSR count). The van der Waals surface area contributed by atoms with Gasteiger partial charge < -0.3 is 19.4 Å². The van der Waals surface area contributed by atoms with Gasteiger partial charge >= 0.3 is 0 Å². The number of thioether (sulfide) groups is 1. The van der Waals surface area contributed by atoms with E-state index in [9.17, 15) is 14.4 Å². The quantitative estimate of drug-likeness (QED) is 0.290. The van der Waals surface area contributed by atoms with Crippen molar-refractivity contribution in [2.75, 3.05) is 24.7 Å². The zero-order valence-electron chi connectivity index (χ0n) is 19.8. The molecule has 0 fully saturated rings. The van der Waals surface area contributed by atoms with Crippen molar-refractivity contribution in [1.29, 1.82) is 0 Å². The summed E-state index contributed by atoms with van der Waals surface area (Å²) in [7, 11) is 1.57. The van der Waals surface area contributed by atoms with Crippen LogP contribution in [0.3, 0.4) is 0 Å². The summed E-state index contributed by atoms with van der Waals surface area (Å²) in [6.45, 7) is 2.82. The molecule has 4 aromatic rings. The smallest absolute Gasteiger partial charge is 0.263 e. The highest BCUT2D eigenvalue weighted by Crippen LogP contribution is 2.34. The molecule has 1 aliphatic heterocycles. The third kappa shape index (κ3) is 4.89. The van der Waals surface area contributed by atoms with Crippen molar-refractivity contribution < 1.29 is 18.7 Å². The van der Waals surface area contributed by atoms with Crippen molar-refractivity contribution in [2.24, 2.45) is 0 Å². The maximum atomic E-state index is 13.7. The number of aromatic nitrogens is 2. The Morgan fingerprint density at radius 1 is 1.28 bits per heavy atom. The second kappa shape index (κ2) is 10.2. The zero-order valence-corrected chi connectivity index (χ0v) is 21.4.